The van der Waals surface area contributed by atoms with Crippen LogP contribution in [0.25, 0.3) is 22.3 Å². The maximum Gasteiger partial charge on any atom is 0.251 e. The van der Waals surface area contributed by atoms with Gasteiger partial charge in [0.05, 0.1) is 6.07 Å². The maximum absolute atomic E-state index is 14.6. The van der Waals surface area contributed by atoms with Gasteiger partial charge in [-0.1, -0.05) is 48.0 Å². The number of hydrogen-bond donors (Lipinski definition) is 8. The van der Waals surface area contributed by atoms with Gasteiger partial charge >= 0.3 is 0 Å². The largest absolute Gasteiger partial charge is 0.507 e. The molecule has 4 aromatic rings. The molecule has 1 aliphatic rings. The number of ether oxygens (including phenoxy) is 1. The van der Waals surface area contributed by atoms with E-state index in [1.54, 1.807) is 60.7 Å². The van der Waals surface area contributed by atoms with Crippen LogP contribution in [0.3, 0.4) is 0 Å². The maximum atomic E-state index is 14.6. The fourth-order valence-electron chi connectivity index (χ4n) is 6.96. The number of carbonyl (C=O) groups excluding carboxylic acids is 5. The Balaban J connectivity index is 1.56. The van der Waals surface area contributed by atoms with E-state index in [0.29, 0.717) is 35.5 Å². The third-order valence-corrected chi connectivity index (χ3v) is 10.7. The topological polar surface area (TPSA) is 262 Å². The molecule has 16 nitrogen and oxygen atoms in total. The van der Waals surface area contributed by atoms with E-state index in [4.69, 9.17) is 33.1 Å². The highest BCUT2D eigenvalue weighted by molar-refractivity contribution is 6.30. The number of nitriles is 1. The summed E-state index contributed by atoms with van der Waals surface area (Å²) in [5.74, 6) is -3.35. The van der Waals surface area contributed by atoms with Crippen molar-refractivity contribution in [3.8, 4) is 39.8 Å². The van der Waals surface area contributed by atoms with Crippen LogP contribution in [0.5, 0.6) is 11.5 Å². The molecule has 0 aliphatic carbocycles. The number of aliphatic hydroxyl groups excluding tert-OH is 1. The average molecular weight is 867 g/mol. The molecule has 1 aliphatic heterocycles. The summed E-state index contributed by atoms with van der Waals surface area (Å²) in [6.07, 6.45) is 0.0984. The van der Waals surface area contributed by atoms with Gasteiger partial charge in [-0.05, 0) is 104 Å². The molecule has 1 heterocycles. The number of carbonyl (C=O) groups is 5. The molecule has 10 N–H and O–H groups in total. The minimum atomic E-state index is -1.43. The molecule has 62 heavy (non-hydrogen) atoms. The van der Waals surface area contributed by atoms with E-state index >= 15 is 0 Å². The fourth-order valence-corrected chi connectivity index (χ4v) is 7.08. The first-order valence-corrected chi connectivity index (χ1v) is 20.5. The lowest BCUT2D eigenvalue weighted by Gasteiger charge is -2.32. The predicted molar refractivity (Wildman–Crippen MR) is 233 cm³/mol. The number of nitrogens with two attached hydrogens (primary N) is 2. The third kappa shape index (κ3) is 11.9. The molecule has 0 aromatic heterocycles. The average Bonchev–Trinajstić information content (AvgIpc) is 3.27. The molecule has 0 saturated carbocycles. The SMILES string of the molecule is C[C@@H]1NC(=O)[C@@H](N(C)C(=O)[C@H](CCCCN)NC(=O)c2ccc(-c3ccc(Cl)cc3)cc2)c2ccc(OCC(O)CN)c(c2)-c2cc(ccc2O)C[C@@H](C(=O)NCC#N)NC1=O. The number of aromatic hydroxyl groups is 1. The Morgan fingerprint density at radius 3 is 2.31 bits per heavy atom. The summed E-state index contributed by atoms with van der Waals surface area (Å²) in [6.45, 7) is 1.12. The lowest BCUT2D eigenvalue weighted by atomic mass is 9.93. The summed E-state index contributed by atoms with van der Waals surface area (Å²) >= 11 is 6.05. The normalized spacial score (nSPS) is 17.2. The molecule has 4 bridgehead atoms. The lowest BCUT2D eigenvalue weighted by Crippen LogP contribution is -2.56. The number of hydrogen-bond acceptors (Lipinski definition) is 11. The Morgan fingerprint density at radius 2 is 1.65 bits per heavy atom. The molecule has 326 valence electrons. The van der Waals surface area contributed by atoms with Crippen LogP contribution >= 0.6 is 11.6 Å². The standard InChI is InChI=1S/C45H51ClN8O8/c1-26-41(57)53-37(43(59)50-20-19-48)22-27-6-16-38(56)34(21-27)35-23-31(13-17-39(35)62-25-33(55)24-49)40(44(60)51-26)54(2)45(61)36(5-3-4-18-47)52-42(58)30-9-7-28(8-10-30)29-11-14-32(46)15-12-29/h6-17,21,23,26,33,36-37,40,55-56H,3-5,18,20,22,24-25,47,49H2,1-2H3,(H,50,59)(H,51,60)(H,52,58)(H,53,57)/t26-,33?,36-,37-,40-/m0/s1. The fraction of sp³-hybridized carbons (Fsp3) is 0.333. The molecular formula is C45H51ClN8O8. The Kier molecular flexibility index (Phi) is 16.4. The summed E-state index contributed by atoms with van der Waals surface area (Å²) in [6, 6.07) is 20.1. The molecule has 5 atom stereocenters. The van der Waals surface area contributed by atoms with Crippen molar-refractivity contribution < 1.29 is 38.9 Å². The van der Waals surface area contributed by atoms with Gasteiger partial charge < -0.3 is 52.6 Å². The Labute approximate surface area is 364 Å². The summed E-state index contributed by atoms with van der Waals surface area (Å²) in [5, 5.41) is 41.8. The predicted octanol–water partition coefficient (Wildman–Crippen LogP) is 2.69. The number of rotatable bonds is 15. The smallest absolute Gasteiger partial charge is 0.251 e. The van der Waals surface area contributed by atoms with E-state index in [1.807, 2.05) is 18.2 Å². The van der Waals surface area contributed by atoms with Crippen molar-refractivity contribution in [1.82, 2.24) is 26.2 Å². The van der Waals surface area contributed by atoms with E-state index in [9.17, 15) is 34.2 Å². The molecule has 0 fully saturated rings. The van der Waals surface area contributed by atoms with Gasteiger partial charge in [0.25, 0.3) is 5.91 Å². The van der Waals surface area contributed by atoms with Crippen molar-refractivity contribution >= 4 is 41.1 Å². The second-order valence-electron chi connectivity index (χ2n) is 14.9. The molecule has 5 rings (SSSR count). The van der Waals surface area contributed by atoms with E-state index < -0.39 is 59.8 Å². The van der Waals surface area contributed by atoms with Gasteiger partial charge in [0.2, 0.25) is 23.6 Å². The van der Waals surface area contributed by atoms with Gasteiger partial charge in [-0.25, -0.2) is 0 Å². The first kappa shape index (κ1) is 46.6. The van der Waals surface area contributed by atoms with Crippen LogP contribution in [0.4, 0.5) is 0 Å². The van der Waals surface area contributed by atoms with Crippen LogP contribution in [-0.2, 0) is 25.6 Å². The first-order chi connectivity index (χ1) is 29.7. The highest BCUT2D eigenvalue weighted by Gasteiger charge is 2.36. The van der Waals surface area contributed by atoms with Gasteiger partial charge in [0.15, 0.2) is 0 Å². The van der Waals surface area contributed by atoms with Crippen LogP contribution in [0.2, 0.25) is 5.02 Å². The third-order valence-electron chi connectivity index (χ3n) is 10.4. The van der Waals surface area contributed by atoms with E-state index in [-0.39, 0.29) is 60.7 Å². The first-order valence-electron chi connectivity index (χ1n) is 20.1. The number of likely N-dealkylation sites (N-methyl/N-ethyl adjacent to an activating group) is 1. The number of phenolic OH excluding ortho intramolecular Hbond substituents is 1. The van der Waals surface area contributed by atoms with Crippen LogP contribution in [0.15, 0.2) is 84.9 Å². The van der Waals surface area contributed by atoms with Gasteiger partial charge in [-0.2, -0.15) is 5.26 Å². The molecule has 5 amide bonds. The summed E-state index contributed by atoms with van der Waals surface area (Å²) in [7, 11) is 1.40. The Bertz CT molecular complexity index is 2290. The van der Waals surface area contributed by atoms with Gasteiger partial charge in [0.1, 0.15) is 54.9 Å². The summed E-state index contributed by atoms with van der Waals surface area (Å²) in [5.41, 5.74) is 14.7. The van der Waals surface area contributed by atoms with Crippen LogP contribution in [0.1, 0.15) is 53.7 Å². The number of nitrogens with zero attached hydrogens (tertiary/aromatic N) is 2. The minimum absolute atomic E-state index is 0.0671. The minimum Gasteiger partial charge on any atom is -0.507 e. The Morgan fingerprint density at radius 1 is 0.952 bits per heavy atom. The zero-order valence-corrected chi connectivity index (χ0v) is 35.2. The number of nitrogens with one attached hydrogen (secondary N) is 4. The molecule has 1 unspecified atom stereocenters. The van der Waals surface area contributed by atoms with Crippen molar-refractivity contribution in [3.63, 3.8) is 0 Å². The van der Waals surface area contributed by atoms with Crippen molar-refractivity contribution in [2.45, 2.75) is 62.9 Å². The van der Waals surface area contributed by atoms with Crippen LogP contribution < -0.4 is 37.5 Å². The number of amides is 5. The van der Waals surface area contributed by atoms with Crippen LogP contribution in [-0.4, -0.2) is 102 Å². The highest BCUT2D eigenvalue weighted by atomic mass is 35.5. The number of benzene rings is 4. The molecule has 0 saturated heterocycles. The zero-order valence-electron chi connectivity index (χ0n) is 34.4. The monoisotopic (exact) mass is 866 g/mol. The van der Waals surface area contributed by atoms with Crippen molar-refractivity contribution in [2.24, 2.45) is 11.5 Å². The number of phenols is 1. The molecule has 0 spiro atoms. The van der Waals surface area contributed by atoms with Crippen molar-refractivity contribution in [2.75, 3.05) is 33.3 Å². The van der Waals surface area contributed by atoms with Crippen LogP contribution in [0, 0.1) is 11.3 Å². The molecule has 4 aromatic carbocycles. The molecule has 17 heteroatoms. The Hall–Kier alpha value is -6.51. The van der Waals surface area contributed by atoms with E-state index in [2.05, 4.69) is 21.3 Å². The number of aliphatic hydroxyl groups is 1. The van der Waals surface area contributed by atoms with Gasteiger partial charge in [0, 0.05) is 41.7 Å². The quantitative estimate of drug-likeness (QED) is 0.0636. The summed E-state index contributed by atoms with van der Waals surface area (Å²) in [4.78, 5) is 70.9. The molecular weight excluding hydrogens is 816 g/mol. The zero-order chi connectivity index (χ0) is 44.9. The summed E-state index contributed by atoms with van der Waals surface area (Å²) < 4.78 is 5.97. The van der Waals surface area contributed by atoms with Crippen molar-refractivity contribution in [3.05, 3.63) is 107 Å². The highest BCUT2D eigenvalue weighted by Crippen LogP contribution is 2.39. The second kappa shape index (κ2) is 21.8. The van der Waals surface area contributed by atoms with Gasteiger partial charge in [-0.15, -0.1) is 0 Å². The van der Waals surface area contributed by atoms with Gasteiger partial charge in [-0.3, -0.25) is 24.0 Å². The van der Waals surface area contributed by atoms with E-state index in [0.717, 1.165) is 11.1 Å². The number of halogens is 1. The number of unbranched alkanes of at least 4 members (excludes halogenated alkanes) is 1. The number of fused-ring (bicyclic) bond motifs is 5. The van der Waals surface area contributed by atoms with E-state index in [1.165, 1.54) is 31.0 Å². The second-order valence-corrected chi connectivity index (χ2v) is 15.4. The molecule has 0 radical (unpaired) electrons. The van der Waals surface area contributed by atoms with Crippen molar-refractivity contribution in [1.29, 1.82) is 5.26 Å². The lowest BCUT2D eigenvalue weighted by molar-refractivity contribution is -0.141.